The average Bonchev–Trinajstić information content (AvgIpc) is 3.41. The van der Waals surface area contributed by atoms with Gasteiger partial charge in [0, 0.05) is 16.1 Å². The smallest absolute Gasteiger partial charge is 0.307 e. The number of amides is 2. The summed E-state index contributed by atoms with van der Waals surface area (Å²) in [7, 11) is 1.31. The van der Waals surface area contributed by atoms with Crippen molar-refractivity contribution in [2.75, 3.05) is 12.4 Å². The minimum Gasteiger partial charge on any atom is -0.469 e. The Hall–Kier alpha value is -2.97. The summed E-state index contributed by atoms with van der Waals surface area (Å²) in [5, 5.41) is 9.36. The molecule has 2 N–H and O–H groups in total. The van der Waals surface area contributed by atoms with E-state index in [9.17, 15) is 14.4 Å². The van der Waals surface area contributed by atoms with Gasteiger partial charge in [0.15, 0.2) is 0 Å². The van der Waals surface area contributed by atoms with Crippen molar-refractivity contribution < 1.29 is 19.1 Å². The summed E-state index contributed by atoms with van der Waals surface area (Å²) in [5.41, 5.74) is 0.905. The summed E-state index contributed by atoms with van der Waals surface area (Å²) in [6, 6.07) is 13.4. The van der Waals surface area contributed by atoms with Crippen LogP contribution in [0, 0.1) is 0 Å². The maximum absolute atomic E-state index is 12.7. The highest BCUT2D eigenvalue weighted by atomic mass is 32.1. The summed E-state index contributed by atoms with van der Waals surface area (Å²) >= 11 is 2.79. The first-order chi connectivity index (χ1) is 13.6. The number of carbonyl (C=O) groups excluding carboxylic acids is 3. The molecule has 1 atom stereocenters. The summed E-state index contributed by atoms with van der Waals surface area (Å²) < 4.78 is 4.73. The van der Waals surface area contributed by atoms with Crippen LogP contribution < -0.4 is 10.6 Å². The molecule has 1 unspecified atom stereocenters. The van der Waals surface area contributed by atoms with Crippen molar-refractivity contribution in [1.82, 2.24) is 5.32 Å². The lowest BCUT2D eigenvalue weighted by molar-refractivity contribution is -0.141. The summed E-state index contributed by atoms with van der Waals surface area (Å²) in [6.45, 7) is 0. The van der Waals surface area contributed by atoms with Gasteiger partial charge in [-0.3, -0.25) is 14.4 Å². The van der Waals surface area contributed by atoms with E-state index in [1.165, 1.54) is 29.8 Å². The molecule has 2 amide bonds. The predicted molar refractivity (Wildman–Crippen MR) is 110 cm³/mol. The zero-order valence-corrected chi connectivity index (χ0v) is 16.6. The molecule has 0 aliphatic heterocycles. The Morgan fingerprint density at radius 2 is 1.79 bits per heavy atom. The molecule has 2 heterocycles. The number of benzene rings is 1. The topological polar surface area (TPSA) is 84.5 Å². The summed E-state index contributed by atoms with van der Waals surface area (Å²) in [5.74, 6) is -0.972. The fourth-order valence-corrected chi connectivity index (χ4v) is 3.94. The van der Waals surface area contributed by atoms with Gasteiger partial charge in [0.25, 0.3) is 11.8 Å². The number of thiophene rings is 2. The van der Waals surface area contributed by atoms with Crippen molar-refractivity contribution in [2.45, 2.75) is 12.5 Å². The highest BCUT2D eigenvalue weighted by Gasteiger charge is 2.21. The predicted octanol–water partition coefficient (Wildman–Crippen LogP) is 4.10. The van der Waals surface area contributed by atoms with Gasteiger partial charge in [-0.15, -0.1) is 22.7 Å². The first-order valence-electron chi connectivity index (χ1n) is 8.43. The van der Waals surface area contributed by atoms with Gasteiger partial charge in [-0.05, 0) is 41.1 Å². The molecule has 0 fully saturated rings. The van der Waals surface area contributed by atoms with Crippen molar-refractivity contribution >= 4 is 46.1 Å². The number of ether oxygens (including phenoxy) is 1. The molecule has 0 aliphatic carbocycles. The Labute approximate surface area is 170 Å². The molecule has 0 radical (unpaired) electrons. The fraction of sp³-hybridized carbons (Fsp3) is 0.150. The van der Waals surface area contributed by atoms with Crippen molar-refractivity contribution in [2.24, 2.45) is 0 Å². The summed E-state index contributed by atoms with van der Waals surface area (Å²) in [6.07, 6.45) is 0.0392. The lowest BCUT2D eigenvalue weighted by Crippen LogP contribution is -2.30. The van der Waals surface area contributed by atoms with E-state index >= 15 is 0 Å². The normalized spacial score (nSPS) is 11.5. The zero-order chi connectivity index (χ0) is 19.9. The number of nitrogens with one attached hydrogen (secondary N) is 2. The molecule has 0 spiro atoms. The molecule has 0 aliphatic rings. The highest BCUT2D eigenvalue weighted by molar-refractivity contribution is 7.12. The second kappa shape index (κ2) is 9.29. The Kier molecular flexibility index (Phi) is 6.57. The Balaban J connectivity index is 1.72. The van der Waals surface area contributed by atoms with Crippen LogP contribution in [0.1, 0.15) is 37.4 Å². The molecule has 3 aromatic rings. The van der Waals surface area contributed by atoms with Crippen LogP contribution in [0.15, 0.2) is 59.3 Å². The van der Waals surface area contributed by atoms with E-state index in [-0.39, 0.29) is 18.2 Å². The fourth-order valence-electron chi connectivity index (χ4n) is 2.54. The van der Waals surface area contributed by atoms with E-state index in [0.29, 0.717) is 16.1 Å². The van der Waals surface area contributed by atoms with Crippen LogP contribution in [0.3, 0.4) is 0 Å². The number of hydrogen-bond acceptors (Lipinski definition) is 6. The molecule has 0 bridgehead atoms. The van der Waals surface area contributed by atoms with Crippen molar-refractivity contribution in [3.8, 4) is 0 Å². The average molecular weight is 415 g/mol. The van der Waals surface area contributed by atoms with E-state index in [1.807, 2.05) is 22.9 Å². The number of methoxy groups -OCH3 is 1. The van der Waals surface area contributed by atoms with Gasteiger partial charge in [-0.2, -0.15) is 0 Å². The lowest BCUT2D eigenvalue weighted by Gasteiger charge is -2.17. The van der Waals surface area contributed by atoms with E-state index in [0.717, 1.165) is 4.88 Å². The van der Waals surface area contributed by atoms with Crippen molar-refractivity contribution in [3.63, 3.8) is 0 Å². The number of carbonyl (C=O) groups is 3. The summed E-state index contributed by atoms with van der Waals surface area (Å²) in [4.78, 5) is 38.1. The number of esters is 1. The van der Waals surface area contributed by atoms with E-state index in [4.69, 9.17) is 4.74 Å². The van der Waals surface area contributed by atoms with Gasteiger partial charge in [-0.1, -0.05) is 18.2 Å². The van der Waals surface area contributed by atoms with Crippen LogP contribution in [0.4, 0.5) is 5.69 Å². The quantitative estimate of drug-likeness (QED) is 0.570. The second-order valence-corrected chi connectivity index (χ2v) is 7.76. The Morgan fingerprint density at radius 1 is 1.00 bits per heavy atom. The van der Waals surface area contributed by atoms with Crippen LogP contribution in [-0.4, -0.2) is 24.9 Å². The number of anilines is 1. The molecule has 3 rings (SSSR count). The molecular weight excluding hydrogens is 396 g/mol. The zero-order valence-electron chi connectivity index (χ0n) is 15.0. The minimum atomic E-state index is -0.482. The van der Waals surface area contributed by atoms with Gasteiger partial charge >= 0.3 is 5.97 Å². The largest absolute Gasteiger partial charge is 0.469 e. The monoisotopic (exact) mass is 414 g/mol. The highest BCUT2D eigenvalue weighted by Crippen LogP contribution is 2.23. The van der Waals surface area contributed by atoms with Crippen LogP contribution >= 0.6 is 22.7 Å². The number of rotatable bonds is 7. The molecule has 2 aromatic heterocycles. The first-order valence-corrected chi connectivity index (χ1v) is 10.2. The molecule has 1 aromatic carbocycles. The molecule has 0 saturated carbocycles. The SMILES string of the molecule is COC(=O)CC(NC(=O)c1cccc(NC(=O)c2cccs2)c1)c1cccs1. The third-order valence-electron chi connectivity index (χ3n) is 3.92. The van der Waals surface area contributed by atoms with Crippen molar-refractivity contribution in [1.29, 1.82) is 0 Å². The maximum Gasteiger partial charge on any atom is 0.307 e. The van der Waals surface area contributed by atoms with Gasteiger partial charge in [0.2, 0.25) is 0 Å². The van der Waals surface area contributed by atoms with Crippen molar-refractivity contribution in [3.05, 3.63) is 74.6 Å². The second-order valence-electron chi connectivity index (χ2n) is 5.83. The maximum atomic E-state index is 12.7. The third kappa shape index (κ3) is 5.05. The van der Waals surface area contributed by atoms with Crippen LogP contribution in [0.2, 0.25) is 0 Å². The molecule has 28 heavy (non-hydrogen) atoms. The number of hydrogen-bond donors (Lipinski definition) is 2. The van der Waals surface area contributed by atoms with Crippen LogP contribution in [0.25, 0.3) is 0 Å². The van der Waals surface area contributed by atoms with E-state index < -0.39 is 12.0 Å². The van der Waals surface area contributed by atoms with Gasteiger partial charge in [0.05, 0.1) is 24.4 Å². The molecule has 6 nitrogen and oxygen atoms in total. The van der Waals surface area contributed by atoms with Crippen LogP contribution in [0.5, 0.6) is 0 Å². The van der Waals surface area contributed by atoms with E-state index in [1.54, 1.807) is 36.4 Å². The van der Waals surface area contributed by atoms with Gasteiger partial charge in [-0.25, -0.2) is 0 Å². The van der Waals surface area contributed by atoms with Gasteiger partial charge in [0.1, 0.15) is 0 Å². The Morgan fingerprint density at radius 3 is 2.46 bits per heavy atom. The minimum absolute atomic E-state index is 0.0392. The van der Waals surface area contributed by atoms with Gasteiger partial charge < -0.3 is 15.4 Å². The molecule has 144 valence electrons. The Bertz CT molecular complexity index is 953. The first kappa shape index (κ1) is 19.8. The van der Waals surface area contributed by atoms with Crippen LogP contribution in [-0.2, 0) is 9.53 Å². The lowest BCUT2D eigenvalue weighted by atomic mass is 10.1. The standard InChI is InChI=1S/C20H18N2O4S2/c1-26-18(23)12-15(16-7-3-9-27-16)22-19(24)13-5-2-6-14(11-13)21-20(25)17-8-4-10-28-17/h2-11,15H,12H2,1H3,(H,21,25)(H,22,24). The molecular formula is C20H18N2O4S2. The van der Waals surface area contributed by atoms with E-state index in [2.05, 4.69) is 10.6 Å². The molecule has 8 heteroatoms. The molecule has 0 saturated heterocycles. The third-order valence-corrected chi connectivity index (χ3v) is 5.77.